The van der Waals surface area contributed by atoms with Crippen molar-refractivity contribution in [3.63, 3.8) is 0 Å². The summed E-state index contributed by atoms with van der Waals surface area (Å²) in [6, 6.07) is 5.38. The van der Waals surface area contributed by atoms with Gasteiger partial charge in [0, 0.05) is 45.6 Å². The molecule has 1 atom stereocenters. The van der Waals surface area contributed by atoms with E-state index in [1.807, 2.05) is 17.7 Å². The first-order valence-electron chi connectivity index (χ1n) is 10.2. The Kier molecular flexibility index (Phi) is 6.26. The maximum atomic E-state index is 14.6. The number of imidazole rings is 1. The molecule has 2 N–H and O–H groups in total. The van der Waals surface area contributed by atoms with Crippen molar-refractivity contribution in [2.75, 3.05) is 14.2 Å². The molecular weight excluding hydrogens is 399 g/mol. The average Bonchev–Trinajstić information content (AvgIpc) is 3.36. The lowest BCUT2D eigenvalue weighted by molar-refractivity contribution is 0.177. The molecule has 0 amide bonds. The SMILES string of the molecule is CN=C(NCc1ccc(-n2ccnc2C)c(F)c1)NC1CCc2nc(COC)nn2C1. The molecule has 10 heteroatoms. The summed E-state index contributed by atoms with van der Waals surface area (Å²) in [4.78, 5) is 13.0. The first-order chi connectivity index (χ1) is 15.1. The van der Waals surface area contributed by atoms with Gasteiger partial charge in [0.25, 0.3) is 0 Å². The molecule has 3 aromatic rings. The average molecular weight is 427 g/mol. The number of methoxy groups -OCH3 is 1. The second-order valence-corrected chi connectivity index (χ2v) is 7.50. The molecule has 1 aliphatic rings. The summed E-state index contributed by atoms with van der Waals surface area (Å²) in [5.74, 6) is 2.81. The van der Waals surface area contributed by atoms with Gasteiger partial charge in [0.1, 0.15) is 24.1 Å². The number of benzene rings is 1. The van der Waals surface area contributed by atoms with Gasteiger partial charge < -0.3 is 19.9 Å². The van der Waals surface area contributed by atoms with E-state index in [4.69, 9.17) is 4.74 Å². The zero-order valence-corrected chi connectivity index (χ0v) is 18.0. The van der Waals surface area contributed by atoms with Crippen LogP contribution in [0.4, 0.5) is 4.39 Å². The van der Waals surface area contributed by atoms with Crippen molar-refractivity contribution in [2.45, 2.75) is 45.5 Å². The quantitative estimate of drug-likeness (QED) is 0.461. The summed E-state index contributed by atoms with van der Waals surface area (Å²) in [7, 11) is 3.36. The monoisotopic (exact) mass is 426 g/mol. The van der Waals surface area contributed by atoms with Crippen LogP contribution in [-0.2, 0) is 30.9 Å². The van der Waals surface area contributed by atoms with E-state index in [1.165, 1.54) is 6.07 Å². The van der Waals surface area contributed by atoms with Crippen molar-refractivity contribution in [1.29, 1.82) is 0 Å². The molecule has 0 saturated carbocycles. The minimum atomic E-state index is -0.291. The number of rotatable bonds is 6. The second kappa shape index (κ2) is 9.25. The number of fused-ring (bicyclic) bond motifs is 1. The van der Waals surface area contributed by atoms with E-state index in [1.54, 1.807) is 37.2 Å². The summed E-state index contributed by atoms with van der Waals surface area (Å²) < 4.78 is 23.4. The van der Waals surface area contributed by atoms with Crippen LogP contribution in [-0.4, -0.2) is 50.5 Å². The lowest BCUT2D eigenvalue weighted by Crippen LogP contribution is -2.46. The molecule has 2 aromatic heterocycles. The van der Waals surface area contributed by atoms with Crippen LogP contribution in [0, 0.1) is 12.7 Å². The zero-order valence-electron chi connectivity index (χ0n) is 18.0. The van der Waals surface area contributed by atoms with E-state index in [9.17, 15) is 4.39 Å². The molecule has 3 heterocycles. The maximum absolute atomic E-state index is 14.6. The van der Waals surface area contributed by atoms with Gasteiger partial charge in [-0.15, -0.1) is 0 Å². The molecule has 9 nitrogen and oxygen atoms in total. The van der Waals surface area contributed by atoms with Crippen LogP contribution in [0.2, 0.25) is 0 Å². The van der Waals surface area contributed by atoms with E-state index in [0.717, 1.165) is 30.1 Å². The second-order valence-electron chi connectivity index (χ2n) is 7.50. The minimum absolute atomic E-state index is 0.180. The highest BCUT2D eigenvalue weighted by Gasteiger charge is 2.22. The summed E-state index contributed by atoms with van der Waals surface area (Å²) >= 11 is 0. The number of hydrogen-bond donors (Lipinski definition) is 2. The minimum Gasteiger partial charge on any atom is -0.377 e. The van der Waals surface area contributed by atoms with Crippen molar-refractivity contribution in [1.82, 2.24) is 34.9 Å². The molecule has 0 radical (unpaired) electrons. The van der Waals surface area contributed by atoms with Crippen molar-refractivity contribution >= 4 is 5.96 Å². The van der Waals surface area contributed by atoms with Gasteiger partial charge >= 0.3 is 0 Å². The number of nitrogens with zero attached hydrogens (tertiary/aromatic N) is 6. The van der Waals surface area contributed by atoms with E-state index < -0.39 is 0 Å². The van der Waals surface area contributed by atoms with Crippen molar-refractivity contribution in [3.8, 4) is 5.69 Å². The zero-order chi connectivity index (χ0) is 21.8. The fourth-order valence-corrected chi connectivity index (χ4v) is 3.73. The third kappa shape index (κ3) is 4.74. The first kappa shape index (κ1) is 21.0. The van der Waals surface area contributed by atoms with Crippen LogP contribution >= 0.6 is 0 Å². The van der Waals surface area contributed by atoms with Gasteiger partial charge in [-0.1, -0.05) is 6.07 Å². The van der Waals surface area contributed by atoms with Gasteiger partial charge in [-0.2, -0.15) is 5.10 Å². The third-order valence-electron chi connectivity index (χ3n) is 5.30. The highest BCUT2D eigenvalue weighted by molar-refractivity contribution is 5.79. The van der Waals surface area contributed by atoms with Crippen LogP contribution in [0.5, 0.6) is 0 Å². The number of hydrogen-bond acceptors (Lipinski definition) is 5. The first-order valence-corrected chi connectivity index (χ1v) is 10.2. The number of aromatic nitrogens is 5. The molecule has 0 saturated heterocycles. The van der Waals surface area contributed by atoms with Crippen LogP contribution < -0.4 is 10.6 Å². The molecule has 0 aliphatic carbocycles. The van der Waals surface area contributed by atoms with Gasteiger partial charge in [0.15, 0.2) is 11.8 Å². The van der Waals surface area contributed by atoms with Gasteiger partial charge in [-0.25, -0.2) is 19.0 Å². The Morgan fingerprint density at radius 1 is 1.39 bits per heavy atom. The molecule has 0 fully saturated rings. The molecule has 1 aliphatic heterocycles. The fourth-order valence-electron chi connectivity index (χ4n) is 3.73. The Hall–Kier alpha value is -3.27. The summed E-state index contributed by atoms with van der Waals surface area (Å²) in [6.07, 6.45) is 5.18. The van der Waals surface area contributed by atoms with E-state index in [0.29, 0.717) is 37.2 Å². The van der Waals surface area contributed by atoms with Crippen LogP contribution in [0.15, 0.2) is 35.6 Å². The largest absolute Gasteiger partial charge is 0.377 e. The van der Waals surface area contributed by atoms with Gasteiger partial charge in [0.05, 0.1) is 12.2 Å². The van der Waals surface area contributed by atoms with Crippen molar-refractivity contribution < 1.29 is 9.13 Å². The van der Waals surface area contributed by atoms with Crippen LogP contribution in [0.3, 0.4) is 0 Å². The smallest absolute Gasteiger partial charge is 0.191 e. The van der Waals surface area contributed by atoms with Gasteiger partial charge in [0.2, 0.25) is 0 Å². The summed E-state index contributed by atoms with van der Waals surface area (Å²) in [6.45, 7) is 3.42. The Morgan fingerprint density at radius 2 is 2.26 bits per heavy atom. The lowest BCUT2D eigenvalue weighted by Gasteiger charge is -2.25. The molecule has 164 valence electrons. The van der Waals surface area contributed by atoms with Crippen molar-refractivity contribution in [3.05, 3.63) is 59.4 Å². The normalized spacial score (nSPS) is 16.3. The highest BCUT2D eigenvalue weighted by atomic mass is 19.1. The van der Waals surface area contributed by atoms with Gasteiger partial charge in [-0.05, 0) is 31.0 Å². The van der Waals surface area contributed by atoms with Crippen LogP contribution in [0.25, 0.3) is 5.69 Å². The molecular formula is C21H27FN8O. The Morgan fingerprint density at radius 3 is 2.97 bits per heavy atom. The predicted molar refractivity (Wildman–Crippen MR) is 114 cm³/mol. The summed E-state index contributed by atoms with van der Waals surface area (Å²) in [5, 5.41) is 11.2. The molecule has 1 aromatic carbocycles. The molecule has 0 bridgehead atoms. The third-order valence-corrected chi connectivity index (χ3v) is 5.30. The molecule has 1 unspecified atom stereocenters. The van der Waals surface area contributed by atoms with E-state index in [2.05, 4.69) is 30.7 Å². The van der Waals surface area contributed by atoms with Gasteiger partial charge in [-0.3, -0.25) is 4.99 Å². The maximum Gasteiger partial charge on any atom is 0.191 e. The molecule has 31 heavy (non-hydrogen) atoms. The predicted octanol–water partition coefficient (Wildman–Crippen LogP) is 1.74. The number of aryl methyl sites for hydroxylation is 2. The number of guanidine groups is 1. The molecule has 4 rings (SSSR count). The highest BCUT2D eigenvalue weighted by Crippen LogP contribution is 2.17. The van der Waals surface area contributed by atoms with E-state index in [-0.39, 0.29) is 11.9 Å². The van der Waals surface area contributed by atoms with Crippen LogP contribution in [0.1, 0.15) is 29.5 Å². The standard InChI is InChI=1S/C21H27FN8O/c1-14-24-8-9-29(14)18-6-4-15(10-17(18)22)11-25-21(23-2)26-16-5-7-20-27-19(13-31-3)28-30(20)12-16/h4,6,8-10,16H,5,7,11-13H2,1-3H3,(H2,23,25,26). The van der Waals surface area contributed by atoms with E-state index >= 15 is 0 Å². The number of aliphatic imine (C=N–C) groups is 1. The number of ether oxygens (including phenoxy) is 1. The Bertz CT molecular complexity index is 1070. The Labute approximate surface area is 180 Å². The lowest BCUT2D eigenvalue weighted by atomic mass is 10.1. The summed E-state index contributed by atoms with van der Waals surface area (Å²) in [5.41, 5.74) is 1.31. The Balaban J connectivity index is 1.35. The number of nitrogens with one attached hydrogen (secondary N) is 2. The van der Waals surface area contributed by atoms with Crippen molar-refractivity contribution in [2.24, 2.45) is 4.99 Å². The molecule has 0 spiro atoms. The topological polar surface area (TPSA) is 94.2 Å². The fraction of sp³-hybridized carbons (Fsp3) is 0.429. The number of halogens is 1.